The summed E-state index contributed by atoms with van der Waals surface area (Å²) >= 11 is 0. The molecule has 6 aliphatic heterocycles. The third kappa shape index (κ3) is 22.4. The minimum Gasteiger partial charge on any atom is -0.381 e. The summed E-state index contributed by atoms with van der Waals surface area (Å²) in [6.07, 6.45) is 25.9. The van der Waals surface area contributed by atoms with Gasteiger partial charge in [0.25, 0.3) is 0 Å². The van der Waals surface area contributed by atoms with E-state index in [2.05, 4.69) is 69.2 Å². The van der Waals surface area contributed by atoms with Gasteiger partial charge in [-0.1, -0.05) is 116 Å². The second kappa shape index (κ2) is 36.7. The zero-order valence-electron chi connectivity index (χ0n) is 42.8. The lowest BCUT2D eigenvalue weighted by molar-refractivity contribution is -0.131. The Bertz CT molecular complexity index is 855. The number of carbonyl (C=O) groups is 1. The molecule has 7 heteroatoms. The average molecular weight is 855 g/mol. The molecule has 7 nitrogen and oxygen atoms in total. The highest BCUT2D eigenvalue weighted by Crippen LogP contribution is 2.65. The Balaban J connectivity index is 0.000000673. The number of hydrogen-bond acceptors (Lipinski definition) is 7. The van der Waals surface area contributed by atoms with Gasteiger partial charge in [0.05, 0.1) is 18.3 Å². The fourth-order valence-electron chi connectivity index (χ4n) is 9.63. The first kappa shape index (κ1) is 59.4. The normalized spacial score (nSPS) is 32.0. The van der Waals surface area contributed by atoms with Crippen molar-refractivity contribution in [3.05, 3.63) is 0 Å². The molecule has 0 N–H and O–H groups in total. The van der Waals surface area contributed by atoms with Crippen LogP contribution in [0.1, 0.15) is 219 Å². The van der Waals surface area contributed by atoms with Gasteiger partial charge in [0.15, 0.2) is 0 Å². The van der Waals surface area contributed by atoms with Gasteiger partial charge in [0.2, 0.25) is 0 Å². The van der Waals surface area contributed by atoms with Crippen molar-refractivity contribution in [2.24, 2.45) is 40.4 Å². The van der Waals surface area contributed by atoms with Crippen molar-refractivity contribution in [2.75, 3.05) is 59.5 Å². The van der Waals surface area contributed by atoms with Gasteiger partial charge in [0, 0.05) is 70.8 Å². The number of hydrogen-bond donors (Lipinski definition) is 0. The van der Waals surface area contributed by atoms with Crippen molar-refractivity contribution in [2.45, 2.75) is 237 Å². The topological polar surface area (TPSA) is 72.5 Å². The molecule has 0 aromatic rings. The minimum atomic E-state index is -0.00289. The van der Waals surface area contributed by atoms with E-state index >= 15 is 0 Å². The number of fused-ring (bicyclic) bond motifs is 2. The summed E-state index contributed by atoms with van der Waals surface area (Å²) in [6, 6.07) is 0. The maximum Gasteiger partial charge on any atom is 0.142 e. The molecule has 2 aliphatic carbocycles. The summed E-state index contributed by atoms with van der Waals surface area (Å²) in [5.41, 5.74) is 0.251. The highest BCUT2D eigenvalue weighted by Gasteiger charge is 2.64. The average Bonchev–Trinajstić information content (AvgIpc) is 4.19. The van der Waals surface area contributed by atoms with Crippen molar-refractivity contribution >= 4 is 5.78 Å². The molecule has 0 aromatic carbocycles. The van der Waals surface area contributed by atoms with Crippen LogP contribution in [-0.4, -0.2) is 83.6 Å². The molecule has 60 heavy (non-hydrogen) atoms. The molecule has 2 saturated carbocycles. The van der Waals surface area contributed by atoms with Crippen molar-refractivity contribution in [3.8, 4) is 0 Å². The van der Waals surface area contributed by atoms with Crippen LogP contribution >= 0.6 is 0 Å². The van der Waals surface area contributed by atoms with Crippen molar-refractivity contribution in [1.82, 2.24) is 0 Å². The Kier molecular flexibility index (Phi) is 36.4. The summed E-state index contributed by atoms with van der Waals surface area (Å²) in [7, 11) is 0. The SMILES string of the molecule is CC.CC.CC1C(=O)C2(C)CCC1C2(C)C.CCC1CCCO1.CCC1CCCO1.CCC1CCCO1.CCC1CCCOC1.CCC1CCOC1.CCC1CCOCC1. The fraction of sp³-hybridized carbons (Fsp3) is 0.981. The van der Waals surface area contributed by atoms with Gasteiger partial charge in [-0.2, -0.15) is 0 Å². The molecule has 0 spiro atoms. The highest BCUT2D eigenvalue weighted by molar-refractivity contribution is 5.91. The lowest BCUT2D eigenvalue weighted by atomic mass is 9.70. The maximum atomic E-state index is 11.9. The Labute approximate surface area is 375 Å². The van der Waals surface area contributed by atoms with Crippen molar-refractivity contribution in [1.29, 1.82) is 0 Å². The molecule has 0 radical (unpaired) electrons. The molecule has 8 rings (SSSR count). The second-order valence-electron chi connectivity index (χ2n) is 18.6. The largest absolute Gasteiger partial charge is 0.381 e. The van der Waals surface area contributed by atoms with Gasteiger partial charge in [-0.15, -0.1) is 0 Å². The Hall–Kier alpha value is -0.570. The fourth-order valence-corrected chi connectivity index (χ4v) is 9.63. The van der Waals surface area contributed by atoms with Gasteiger partial charge in [-0.25, -0.2) is 0 Å². The molecule has 8 unspecified atom stereocenters. The first-order valence-corrected chi connectivity index (χ1v) is 26.1. The van der Waals surface area contributed by atoms with E-state index < -0.39 is 0 Å². The molecular formula is C53H106O7. The first-order valence-electron chi connectivity index (χ1n) is 26.1. The molecule has 0 amide bonds. The van der Waals surface area contributed by atoms with E-state index in [0.717, 1.165) is 83.6 Å². The summed E-state index contributed by atoms with van der Waals surface area (Å²) in [5.74, 6) is 4.19. The predicted octanol–water partition coefficient (Wildman–Crippen LogP) is 14.5. The quantitative estimate of drug-likeness (QED) is 0.263. The Morgan fingerprint density at radius 2 is 0.850 bits per heavy atom. The maximum absolute atomic E-state index is 11.9. The van der Waals surface area contributed by atoms with Crippen LogP contribution in [-0.2, 0) is 33.2 Å². The summed E-state index contributed by atoms with van der Waals surface area (Å²) in [6.45, 7) is 39.1. The highest BCUT2D eigenvalue weighted by atomic mass is 16.5. The zero-order valence-corrected chi connectivity index (χ0v) is 42.8. The van der Waals surface area contributed by atoms with Gasteiger partial charge in [-0.05, 0) is 132 Å². The summed E-state index contributed by atoms with van der Waals surface area (Å²) in [4.78, 5) is 11.9. The predicted molar refractivity (Wildman–Crippen MR) is 256 cm³/mol. The zero-order chi connectivity index (χ0) is 45.2. The molecule has 8 atom stereocenters. The van der Waals surface area contributed by atoms with Crippen LogP contribution in [0.15, 0.2) is 0 Å². The molecule has 8 aliphatic rings. The smallest absolute Gasteiger partial charge is 0.142 e. The van der Waals surface area contributed by atoms with Crippen LogP contribution in [0.3, 0.4) is 0 Å². The monoisotopic (exact) mass is 855 g/mol. The third-order valence-corrected chi connectivity index (χ3v) is 14.7. The van der Waals surface area contributed by atoms with Gasteiger partial charge < -0.3 is 28.4 Å². The van der Waals surface area contributed by atoms with Crippen LogP contribution < -0.4 is 0 Å². The third-order valence-electron chi connectivity index (χ3n) is 14.7. The standard InChI is InChI=1S/C11H18O.2C7H14O.4C6H12O.2C2H6/c1-7-8-5-6-11(4,9(7)12)10(8,2)3;1-2-7-3-5-8-6-4-7;1-2-7-4-3-5-8-6-7;1-2-6-3-4-7-5-6;3*1-2-6-4-3-5-7-6;2*1-2/h7-8H,5-6H2,1-4H3;2*7H,2-6H2,1H3;4*6H,2-5H2,1H3;2*1-2H3. The first-order chi connectivity index (χ1) is 29.0. The molecule has 8 fully saturated rings. The second-order valence-corrected chi connectivity index (χ2v) is 18.6. The lowest BCUT2D eigenvalue weighted by Crippen LogP contribution is -2.33. The van der Waals surface area contributed by atoms with E-state index in [4.69, 9.17) is 28.4 Å². The Morgan fingerprint density at radius 1 is 0.467 bits per heavy atom. The number of rotatable bonds is 6. The van der Waals surface area contributed by atoms with Gasteiger partial charge >= 0.3 is 0 Å². The molecule has 0 aromatic heterocycles. The van der Waals surface area contributed by atoms with E-state index in [-0.39, 0.29) is 10.8 Å². The lowest BCUT2D eigenvalue weighted by Gasteiger charge is -2.32. The van der Waals surface area contributed by atoms with Crippen LogP contribution in [0.5, 0.6) is 0 Å². The molecular weight excluding hydrogens is 749 g/mol. The summed E-state index contributed by atoms with van der Waals surface area (Å²) < 4.78 is 31.5. The van der Waals surface area contributed by atoms with Crippen LogP contribution in [0.25, 0.3) is 0 Å². The van der Waals surface area contributed by atoms with Crippen LogP contribution in [0.2, 0.25) is 0 Å². The van der Waals surface area contributed by atoms with E-state index in [0.29, 0.717) is 35.9 Å². The van der Waals surface area contributed by atoms with Gasteiger partial charge in [0.1, 0.15) is 5.78 Å². The van der Waals surface area contributed by atoms with Crippen LogP contribution in [0, 0.1) is 40.4 Å². The van der Waals surface area contributed by atoms with Crippen molar-refractivity contribution in [3.63, 3.8) is 0 Å². The van der Waals surface area contributed by atoms with Crippen molar-refractivity contribution < 1.29 is 33.2 Å². The van der Waals surface area contributed by atoms with Crippen LogP contribution in [0.4, 0.5) is 0 Å². The minimum absolute atomic E-state index is 0.00289. The Morgan fingerprint density at radius 3 is 1.07 bits per heavy atom. The molecule has 2 bridgehead atoms. The van der Waals surface area contributed by atoms with E-state index in [1.54, 1.807) is 0 Å². The van der Waals surface area contributed by atoms with E-state index in [9.17, 15) is 4.79 Å². The number of ether oxygens (including phenoxy) is 6. The van der Waals surface area contributed by atoms with E-state index in [1.807, 2.05) is 27.7 Å². The molecule has 6 heterocycles. The van der Waals surface area contributed by atoms with E-state index in [1.165, 1.54) is 116 Å². The number of ketones is 1. The summed E-state index contributed by atoms with van der Waals surface area (Å²) in [5, 5.41) is 0. The number of carbonyl (C=O) groups excluding carboxylic acids is 1. The molecule has 360 valence electrons. The number of Topliss-reactive ketones (excluding diaryl/α,β-unsaturated/α-hetero) is 1. The van der Waals surface area contributed by atoms with Gasteiger partial charge in [-0.3, -0.25) is 4.79 Å². The molecule has 6 saturated heterocycles.